The Bertz CT molecular complexity index is 391. The Morgan fingerprint density at radius 2 is 1.88 bits per heavy atom. The van der Waals surface area contributed by atoms with Crippen LogP contribution in [0.1, 0.15) is 25.0 Å². The van der Waals surface area contributed by atoms with Gasteiger partial charge in [-0.05, 0) is 31.1 Å². The Labute approximate surface area is 92.2 Å². The summed E-state index contributed by atoms with van der Waals surface area (Å²) < 4.78 is 37.8. The smallest absolute Gasteiger partial charge is 0.389 e. The lowest BCUT2D eigenvalue weighted by Gasteiger charge is -2.11. The topological polar surface area (TPSA) is 20.2 Å². The third kappa shape index (κ3) is 3.10. The molecule has 0 aromatic heterocycles. The van der Waals surface area contributed by atoms with Crippen LogP contribution < -0.4 is 0 Å². The summed E-state index contributed by atoms with van der Waals surface area (Å²) in [6.07, 6.45) is -3.76. The van der Waals surface area contributed by atoms with Crippen molar-refractivity contribution in [3.63, 3.8) is 0 Å². The summed E-state index contributed by atoms with van der Waals surface area (Å²) in [4.78, 5) is 0. The molecule has 1 aromatic carbocycles. The summed E-state index contributed by atoms with van der Waals surface area (Å²) in [5.74, 6) is 0. The van der Waals surface area contributed by atoms with Crippen LogP contribution in [0.5, 0.6) is 0 Å². The van der Waals surface area contributed by atoms with Crippen molar-refractivity contribution < 1.29 is 18.3 Å². The molecule has 88 valence electrons. The van der Waals surface area contributed by atoms with Crippen molar-refractivity contribution in [2.45, 2.75) is 26.1 Å². The highest BCUT2D eigenvalue weighted by atomic mass is 19.4. The number of aliphatic hydroxyl groups is 1. The molecule has 1 atom stereocenters. The molecule has 0 aliphatic heterocycles. The van der Waals surface area contributed by atoms with E-state index >= 15 is 0 Å². The van der Waals surface area contributed by atoms with Crippen LogP contribution in [-0.2, 0) is 6.18 Å². The van der Waals surface area contributed by atoms with Gasteiger partial charge in [-0.2, -0.15) is 13.2 Å². The molecule has 4 heteroatoms. The Hall–Kier alpha value is -1.29. The molecule has 1 aromatic rings. The zero-order valence-electron chi connectivity index (χ0n) is 9.05. The van der Waals surface area contributed by atoms with Crippen LogP contribution in [0.2, 0.25) is 0 Å². The van der Waals surface area contributed by atoms with Crippen LogP contribution in [0.4, 0.5) is 13.2 Å². The average Bonchev–Trinajstić information content (AvgIpc) is 2.16. The van der Waals surface area contributed by atoms with Gasteiger partial charge in [0.2, 0.25) is 0 Å². The van der Waals surface area contributed by atoms with E-state index in [1.54, 1.807) is 6.92 Å². The molecule has 0 fully saturated rings. The first-order valence-electron chi connectivity index (χ1n) is 4.85. The summed E-state index contributed by atoms with van der Waals surface area (Å²) in [5.41, 5.74) is -0.111. The molecule has 1 unspecified atom stereocenters. The molecule has 0 saturated carbocycles. The molecular formula is C12H13F3O. The third-order valence-corrected chi connectivity index (χ3v) is 2.31. The quantitative estimate of drug-likeness (QED) is 0.824. The molecule has 0 saturated heterocycles. The Morgan fingerprint density at radius 1 is 1.31 bits per heavy atom. The number of hydrogen-bond acceptors (Lipinski definition) is 1. The van der Waals surface area contributed by atoms with Crippen molar-refractivity contribution in [3.05, 3.63) is 41.0 Å². The maximum absolute atomic E-state index is 12.6. The number of rotatable bonds is 2. The molecule has 1 rings (SSSR count). The van der Waals surface area contributed by atoms with E-state index in [1.165, 1.54) is 31.2 Å². The number of aliphatic hydroxyl groups excluding tert-OH is 1. The Morgan fingerprint density at radius 3 is 2.38 bits per heavy atom. The van der Waals surface area contributed by atoms with Gasteiger partial charge in [-0.25, -0.2) is 0 Å². The SMILES string of the molecule is C/C(=C\c1ccccc1C(F)(F)F)C(C)O. The molecule has 0 spiro atoms. The summed E-state index contributed by atoms with van der Waals surface area (Å²) in [7, 11) is 0. The van der Waals surface area contributed by atoms with Crippen molar-refractivity contribution in [2.75, 3.05) is 0 Å². The first-order valence-corrected chi connectivity index (χ1v) is 4.85. The van der Waals surface area contributed by atoms with E-state index in [9.17, 15) is 18.3 Å². The van der Waals surface area contributed by atoms with Gasteiger partial charge in [0.1, 0.15) is 0 Å². The zero-order valence-corrected chi connectivity index (χ0v) is 9.05. The highest BCUT2D eigenvalue weighted by molar-refractivity contribution is 5.57. The van der Waals surface area contributed by atoms with Crippen LogP contribution in [0.15, 0.2) is 29.8 Å². The zero-order chi connectivity index (χ0) is 12.3. The number of alkyl halides is 3. The van der Waals surface area contributed by atoms with Gasteiger partial charge in [-0.3, -0.25) is 0 Å². The standard InChI is InChI=1S/C12H13F3O/c1-8(9(2)16)7-10-5-3-4-6-11(10)12(13,14)15/h3-7,9,16H,1-2H3/b8-7+. The Balaban J connectivity index is 3.20. The lowest BCUT2D eigenvalue weighted by Crippen LogP contribution is -2.08. The lowest BCUT2D eigenvalue weighted by atomic mass is 10.0. The molecule has 0 aliphatic rings. The fourth-order valence-electron chi connectivity index (χ4n) is 1.25. The maximum atomic E-state index is 12.6. The third-order valence-electron chi connectivity index (χ3n) is 2.31. The second kappa shape index (κ2) is 4.70. The monoisotopic (exact) mass is 230 g/mol. The van der Waals surface area contributed by atoms with Gasteiger partial charge >= 0.3 is 6.18 Å². The maximum Gasteiger partial charge on any atom is 0.416 e. The van der Waals surface area contributed by atoms with Crippen molar-refractivity contribution in [2.24, 2.45) is 0 Å². The van der Waals surface area contributed by atoms with Crippen molar-refractivity contribution in [3.8, 4) is 0 Å². The predicted octanol–water partition coefficient (Wildman–Crippen LogP) is 3.49. The van der Waals surface area contributed by atoms with E-state index in [0.29, 0.717) is 5.57 Å². The van der Waals surface area contributed by atoms with E-state index in [1.807, 2.05) is 0 Å². The fourth-order valence-corrected chi connectivity index (χ4v) is 1.25. The minimum atomic E-state index is -4.37. The van der Waals surface area contributed by atoms with E-state index in [4.69, 9.17) is 0 Å². The Kier molecular flexibility index (Phi) is 3.75. The first-order chi connectivity index (χ1) is 7.32. The van der Waals surface area contributed by atoms with Crippen LogP contribution in [0.3, 0.4) is 0 Å². The molecular weight excluding hydrogens is 217 g/mol. The van der Waals surface area contributed by atoms with Gasteiger partial charge in [-0.15, -0.1) is 0 Å². The summed E-state index contributed by atoms with van der Waals surface area (Å²) >= 11 is 0. The van der Waals surface area contributed by atoms with Crippen LogP contribution in [-0.4, -0.2) is 11.2 Å². The highest BCUT2D eigenvalue weighted by Gasteiger charge is 2.32. The van der Waals surface area contributed by atoms with E-state index in [0.717, 1.165) is 6.07 Å². The van der Waals surface area contributed by atoms with Gasteiger partial charge in [-0.1, -0.05) is 24.3 Å². The summed E-state index contributed by atoms with van der Waals surface area (Å²) in [6, 6.07) is 5.30. The van der Waals surface area contributed by atoms with Crippen LogP contribution in [0, 0.1) is 0 Å². The molecule has 0 heterocycles. The molecule has 0 aliphatic carbocycles. The summed E-state index contributed by atoms with van der Waals surface area (Å²) in [5, 5.41) is 9.23. The average molecular weight is 230 g/mol. The van der Waals surface area contributed by atoms with Crippen molar-refractivity contribution >= 4 is 6.08 Å². The molecule has 0 radical (unpaired) electrons. The predicted molar refractivity (Wildman–Crippen MR) is 56.8 cm³/mol. The van der Waals surface area contributed by atoms with Crippen molar-refractivity contribution in [1.29, 1.82) is 0 Å². The second-order valence-corrected chi connectivity index (χ2v) is 3.65. The normalized spacial score (nSPS) is 15.0. The molecule has 1 N–H and O–H groups in total. The number of halogens is 3. The van der Waals surface area contributed by atoms with Crippen molar-refractivity contribution in [1.82, 2.24) is 0 Å². The van der Waals surface area contributed by atoms with Gasteiger partial charge in [0.05, 0.1) is 11.7 Å². The van der Waals surface area contributed by atoms with Crippen LogP contribution >= 0.6 is 0 Å². The highest BCUT2D eigenvalue weighted by Crippen LogP contribution is 2.32. The lowest BCUT2D eigenvalue weighted by molar-refractivity contribution is -0.137. The first kappa shape index (κ1) is 12.8. The van der Waals surface area contributed by atoms with Gasteiger partial charge in [0.25, 0.3) is 0 Å². The largest absolute Gasteiger partial charge is 0.416 e. The van der Waals surface area contributed by atoms with E-state index in [-0.39, 0.29) is 5.56 Å². The van der Waals surface area contributed by atoms with Crippen LogP contribution in [0.25, 0.3) is 6.08 Å². The second-order valence-electron chi connectivity index (χ2n) is 3.65. The molecule has 0 bridgehead atoms. The van der Waals surface area contributed by atoms with E-state index in [2.05, 4.69) is 0 Å². The molecule has 1 nitrogen and oxygen atoms in total. The summed E-state index contributed by atoms with van der Waals surface area (Å²) in [6.45, 7) is 3.11. The number of benzene rings is 1. The minimum Gasteiger partial charge on any atom is -0.389 e. The minimum absolute atomic E-state index is 0.0772. The molecule has 16 heavy (non-hydrogen) atoms. The number of hydrogen-bond donors (Lipinski definition) is 1. The fraction of sp³-hybridized carbons (Fsp3) is 0.333. The van der Waals surface area contributed by atoms with Gasteiger partial charge < -0.3 is 5.11 Å². The van der Waals surface area contributed by atoms with E-state index < -0.39 is 17.8 Å². The van der Waals surface area contributed by atoms with Gasteiger partial charge in [0, 0.05) is 0 Å². The van der Waals surface area contributed by atoms with Gasteiger partial charge in [0.15, 0.2) is 0 Å². The molecule has 0 amide bonds.